The van der Waals surface area contributed by atoms with Crippen LogP contribution >= 0.6 is 0 Å². The Morgan fingerprint density at radius 2 is 2.16 bits per heavy atom. The minimum atomic E-state index is 0.202. The van der Waals surface area contributed by atoms with E-state index in [2.05, 4.69) is 24.5 Å². The number of hydrazine groups is 1. The van der Waals surface area contributed by atoms with Crippen LogP contribution in [0.5, 0.6) is 5.75 Å². The Labute approximate surface area is 115 Å². The maximum absolute atomic E-state index is 5.73. The SMILES string of the molecule is COc1ccc(C(CC2CCOCC2)NN)cc1C. The molecule has 1 unspecified atom stereocenters. The summed E-state index contributed by atoms with van der Waals surface area (Å²) >= 11 is 0. The summed E-state index contributed by atoms with van der Waals surface area (Å²) in [5.41, 5.74) is 5.32. The first-order valence-corrected chi connectivity index (χ1v) is 6.93. The summed E-state index contributed by atoms with van der Waals surface area (Å²) < 4.78 is 10.7. The smallest absolute Gasteiger partial charge is 0.121 e. The third-order valence-electron chi connectivity index (χ3n) is 3.93. The Kier molecular flexibility index (Phi) is 5.19. The lowest BCUT2D eigenvalue weighted by atomic mass is 9.89. The lowest BCUT2D eigenvalue weighted by Crippen LogP contribution is -2.31. The minimum Gasteiger partial charge on any atom is -0.496 e. The molecule has 4 heteroatoms. The van der Waals surface area contributed by atoms with Crippen LogP contribution in [0.25, 0.3) is 0 Å². The van der Waals surface area contributed by atoms with E-state index < -0.39 is 0 Å². The quantitative estimate of drug-likeness (QED) is 0.633. The van der Waals surface area contributed by atoms with E-state index in [0.29, 0.717) is 5.92 Å². The molecule has 0 aromatic heterocycles. The van der Waals surface area contributed by atoms with Gasteiger partial charge in [0.25, 0.3) is 0 Å². The second-order valence-corrected chi connectivity index (χ2v) is 5.24. The van der Waals surface area contributed by atoms with Crippen LogP contribution < -0.4 is 16.0 Å². The number of nitrogens with one attached hydrogen (secondary N) is 1. The summed E-state index contributed by atoms with van der Waals surface area (Å²) in [6.45, 7) is 3.82. The summed E-state index contributed by atoms with van der Waals surface area (Å²) in [5.74, 6) is 7.34. The van der Waals surface area contributed by atoms with Crippen LogP contribution in [-0.4, -0.2) is 20.3 Å². The maximum atomic E-state index is 5.73. The van der Waals surface area contributed by atoms with Crippen molar-refractivity contribution in [3.8, 4) is 5.75 Å². The van der Waals surface area contributed by atoms with Crippen molar-refractivity contribution in [2.45, 2.75) is 32.2 Å². The van der Waals surface area contributed by atoms with Gasteiger partial charge in [0, 0.05) is 19.3 Å². The summed E-state index contributed by atoms with van der Waals surface area (Å²) in [6.07, 6.45) is 3.33. The highest BCUT2D eigenvalue weighted by atomic mass is 16.5. The molecule has 0 spiro atoms. The van der Waals surface area contributed by atoms with E-state index in [1.807, 2.05) is 6.07 Å². The molecule has 3 N–H and O–H groups in total. The Morgan fingerprint density at radius 3 is 2.74 bits per heavy atom. The van der Waals surface area contributed by atoms with Gasteiger partial charge in [-0.1, -0.05) is 12.1 Å². The number of aryl methyl sites for hydroxylation is 1. The van der Waals surface area contributed by atoms with Gasteiger partial charge < -0.3 is 9.47 Å². The molecule has 4 nitrogen and oxygen atoms in total. The molecule has 1 fully saturated rings. The fourth-order valence-corrected chi connectivity index (χ4v) is 2.73. The third-order valence-corrected chi connectivity index (χ3v) is 3.93. The topological polar surface area (TPSA) is 56.5 Å². The third kappa shape index (κ3) is 3.69. The number of methoxy groups -OCH3 is 1. The van der Waals surface area contributed by atoms with Gasteiger partial charge in [-0.2, -0.15) is 0 Å². The number of rotatable bonds is 5. The van der Waals surface area contributed by atoms with Crippen molar-refractivity contribution in [1.82, 2.24) is 5.43 Å². The van der Waals surface area contributed by atoms with Crippen LogP contribution in [0.2, 0.25) is 0 Å². The lowest BCUT2D eigenvalue weighted by molar-refractivity contribution is 0.0605. The molecular formula is C15H24N2O2. The first kappa shape index (κ1) is 14.3. The molecule has 0 radical (unpaired) electrons. The standard InChI is InChI=1S/C15H24N2O2/c1-11-9-13(3-4-15(11)18-2)14(17-16)10-12-5-7-19-8-6-12/h3-4,9,12,14,17H,5-8,10,16H2,1-2H3. The molecule has 1 saturated heterocycles. The average Bonchev–Trinajstić information content (AvgIpc) is 2.46. The number of ether oxygens (including phenoxy) is 2. The van der Waals surface area contributed by atoms with Crippen molar-refractivity contribution >= 4 is 0 Å². The van der Waals surface area contributed by atoms with Gasteiger partial charge in [0.1, 0.15) is 5.75 Å². The van der Waals surface area contributed by atoms with Crippen LogP contribution in [-0.2, 0) is 4.74 Å². The molecule has 19 heavy (non-hydrogen) atoms. The number of nitrogens with two attached hydrogens (primary N) is 1. The van der Waals surface area contributed by atoms with E-state index in [1.54, 1.807) is 7.11 Å². The number of hydrogen-bond donors (Lipinski definition) is 2. The molecule has 1 aromatic rings. The monoisotopic (exact) mass is 264 g/mol. The van der Waals surface area contributed by atoms with Gasteiger partial charge >= 0.3 is 0 Å². The maximum Gasteiger partial charge on any atom is 0.121 e. The Balaban J connectivity index is 2.05. The molecule has 106 valence electrons. The second kappa shape index (κ2) is 6.89. The normalized spacial score (nSPS) is 18.3. The number of benzene rings is 1. The van der Waals surface area contributed by atoms with Gasteiger partial charge in [-0.05, 0) is 49.3 Å². The molecule has 1 aliphatic rings. The highest BCUT2D eigenvalue weighted by Crippen LogP contribution is 2.29. The molecule has 1 aromatic carbocycles. The summed E-state index contributed by atoms with van der Waals surface area (Å²) in [4.78, 5) is 0. The van der Waals surface area contributed by atoms with E-state index in [0.717, 1.165) is 43.8 Å². The Morgan fingerprint density at radius 1 is 1.42 bits per heavy atom. The van der Waals surface area contributed by atoms with E-state index in [4.69, 9.17) is 15.3 Å². The van der Waals surface area contributed by atoms with E-state index in [1.165, 1.54) is 5.56 Å². The first-order valence-electron chi connectivity index (χ1n) is 6.93. The molecular weight excluding hydrogens is 240 g/mol. The average molecular weight is 264 g/mol. The van der Waals surface area contributed by atoms with Crippen molar-refractivity contribution in [3.05, 3.63) is 29.3 Å². The fourth-order valence-electron chi connectivity index (χ4n) is 2.73. The zero-order chi connectivity index (χ0) is 13.7. The van der Waals surface area contributed by atoms with E-state index in [9.17, 15) is 0 Å². The molecule has 2 rings (SSSR count). The van der Waals surface area contributed by atoms with E-state index in [-0.39, 0.29) is 6.04 Å². The molecule has 0 bridgehead atoms. The molecule has 0 saturated carbocycles. The highest BCUT2D eigenvalue weighted by molar-refractivity contribution is 5.37. The molecule has 1 aliphatic heterocycles. The molecule has 0 amide bonds. The largest absolute Gasteiger partial charge is 0.496 e. The van der Waals surface area contributed by atoms with Crippen LogP contribution in [0.1, 0.15) is 36.4 Å². The van der Waals surface area contributed by atoms with Gasteiger partial charge in [-0.25, -0.2) is 0 Å². The Hall–Kier alpha value is -1.10. The lowest BCUT2D eigenvalue weighted by Gasteiger charge is -2.26. The van der Waals surface area contributed by atoms with Crippen molar-refractivity contribution in [3.63, 3.8) is 0 Å². The van der Waals surface area contributed by atoms with Gasteiger partial charge in [-0.3, -0.25) is 11.3 Å². The van der Waals surface area contributed by atoms with Crippen molar-refractivity contribution < 1.29 is 9.47 Å². The fraction of sp³-hybridized carbons (Fsp3) is 0.600. The number of hydrogen-bond acceptors (Lipinski definition) is 4. The van der Waals surface area contributed by atoms with E-state index >= 15 is 0 Å². The summed E-state index contributed by atoms with van der Waals surface area (Å²) in [5, 5.41) is 0. The summed E-state index contributed by atoms with van der Waals surface area (Å²) in [7, 11) is 1.70. The summed E-state index contributed by atoms with van der Waals surface area (Å²) in [6, 6.07) is 6.46. The van der Waals surface area contributed by atoms with Crippen molar-refractivity contribution in [2.75, 3.05) is 20.3 Å². The molecule has 1 heterocycles. The van der Waals surface area contributed by atoms with Crippen LogP contribution in [0.15, 0.2) is 18.2 Å². The van der Waals surface area contributed by atoms with Crippen LogP contribution in [0, 0.1) is 12.8 Å². The van der Waals surface area contributed by atoms with Gasteiger partial charge in [0.05, 0.1) is 7.11 Å². The van der Waals surface area contributed by atoms with Crippen molar-refractivity contribution in [1.29, 1.82) is 0 Å². The predicted molar refractivity (Wildman–Crippen MR) is 76.0 cm³/mol. The van der Waals surface area contributed by atoms with Crippen LogP contribution in [0.3, 0.4) is 0 Å². The minimum absolute atomic E-state index is 0.202. The van der Waals surface area contributed by atoms with Crippen molar-refractivity contribution in [2.24, 2.45) is 11.8 Å². The van der Waals surface area contributed by atoms with Gasteiger partial charge in [-0.15, -0.1) is 0 Å². The van der Waals surface area contributed by atoms with Crippen LogP contribution in [0.4, 0.5) is 0 Å². The molecule has 0 aliphatic carbocycles. The predicted octanol–water partition coefficient (Wildman–Crippen LogP) is 2.32. The molecule has 1 atom stereocenters. The second-order valence-electron chi connectivity index (χ2n) is 5.24. The zero-order valence-corrected chi connectivity index (χ0v) is 11.8. The van der Waals surface area contributed by atoms with Gasteiger partial charge in [0.2, 0.25) is 0 Å². The first-order chi connectivity index (χ1) is 9.24. The Bertz CT molecular complexity index is 403. The highest BCUT2D eigenvalue weighted by Gasteiger charge is 2.20. The van der Waals surface area contributed by atoms with Gasteiger partial charge in [0.15, 0.2) is 0 Å². The zero-order valence-electron chi connectivity index (χ0n) is 11.8.